The van der Waals surface area contributed by atoms with Gasteiger partial charge in [0.2, 0.25) is 0 Å². The number of rotatable bonds is 4. The molecule has 0 spiro atoms. The first-order valence-corrected chi connectivity index (χ1v) is 11.1. The number of aromatic nitrogens is 2. The molecule has 4 nitrogen and oxygen atoms in total. The number of nitrogens with zero attached hydrogens (tertiary/aromatic N) is 2. The number of aryl methyl sites for hydroxylation is 3. The Bertz CT molecular complexity index is 1130. The molecule has 0 aliphatic rings. The molecule has 0 saturated carbocycles. The smallest absolute Gasteiger partial charge is 0.267 e. The van der Waals surface area contributed by atoms with Gasteiger partial charge in [0, 0.05) is 10.3 Å². The molecular weight excluding hydrogens is 388 g/mol. The van der Waals surface area contributed by atoms with Crippen molar-refractivity contribution in [2.75, 3.05) is 5.75 Å². The average molecular weight is 415 g/mol. The van der Waals surface area contributed by atoms with Gasteiger partial charge >= 0.3 is 0 Å². The lowest BCUT2D eigenvalue weighted by atomic mass is 9.92. The predicted molar refractivity (Wildman–Crippen MR) is 119 cm³/mol. The van der Waals surface area contributed by atoms with Gasteiger partial charge in [0.1, 0.15) is 10.6 Å². The van der Waals surface area contributed by atoms with Crippen LogP contribution in [0.5, 0.6) is 0 Å². The van der Waals surface area contributed by atoms with Gasteiger partial charge in [0.25, 0.3) is 5.56 Å². The maximum Gasteiger partial charge on any atom is 0.267 e. The number of thiophene rings is 1. The molecule has 0 fully saturated rings. The maximum atomic E-state index is 13.5. The van der Waals surface area contributed by atoms with Crippen molar-refractivity contribution in [2.24, 2.45) is 5.41 Å². The van der Waals surface area contributed by atoms with Crippen LogP contribution in [0.4, 0.5) is 0 Å². The number of fused-ring (bicyclic) bond motifs is 1. The van der Waals surface area contributed by atoms with Crippen LogP contribution in [0.3, 0.4) is 0 Å². The summed E-state index contributed by atoms with van der Waals surface area (Å²) in [6.07, 6.45) is 0. The van der Waals surface area contributed by atoms with Crippen LogP contribution >= 0.6 is 23.1 Å². The van der Waals surface area contributed by atoms with E-state index in [2.05, 4.69) is 0 Å². The molecular formula is C22H26N2O2S2. The number of ketones is 1. The predicted octanol–water partition coefficient (Wildman–Crippen LogP) is 5.39. The summed E-state index contributed by atoms with van der Waals surface area (Å²) in [5.41, 5.74) is 3.49. The quantitative estimate of drug-likeness (QED) is 0.424. The first-order chi connectivity index (χ1) is 13.0. The Balaban J connectivity index is 2.25. The zero-order valence-electron chi connectivity index (χ0n) is 17.5. The van der Waals surface area contributed by atoms with E-state index in [0.717, 1.165) is 32.1 Å². The maximum absolute atomic E-state index is 13.5. The average Bonchev–Trinajstić information content (AvgIpc) is 2.89. The molecule has 0 saturated heterocycles. The van der Waals surface area contributed by atoms with E-state index in [4.69, 9.17) is 4.98 Å². The summed E-state index contributed by atoms with van der Waals surface area (Å²) >= 11 is 2.88. The molecule has 148 valence electrons. The molecule has 3 rings (SSSR count). The fourth-order valence-electron chi connectivity index (χ4n) is 2.91. The Labute approximate surface area is 174 Å². The number of hydrogen-bond donors (Lipinski definition) is 0. The highest BCUT2D eigenvalue weighted by atomic mass is 32.2. The van der Waals surface area contributed by atoms with Crippen LogP contribution in [0.25, 0.3) is 15.9 Å². The van der Waals surface area contributed by atoms with Crippen LogP contribution in [0.2, 0.25) is 0 Å². The SMILES string of the molecule is Cc1cccc(-n2c(SCC(=O)C(C)(C)C)nc3sc(C)c(C)c3c2=O)c1C. The van der Waals surface area contributed by atoms with Crippen molar-refractivity contribution >= 4 is 39.1 Å². The van der Waals surface area contributed by atoms with Gasteiger partial charge in [-0.2, -0.15) is 0 Å². The molecule has 0 N–H and O–H groups in total. The van der Waals surface area contributed by atoms with Gasteiger partial charge in [-0.05, 0) is 50.5 Å². The molecule has 28 heavy (non-hydrogen) atoms. The number of carbonyl (C=O) groups excluding carboxylic acids is 1. The first kappa shape index (κ1) is 20.8. The van der Waals surface area contributed by atoms with E-state index in [1.165, 1.54) is 23.1 Å². The third-order valence-corrected chi connectivity index (χ3v) is 7.20. The van der Waals surface area contributed by atoms with E-state index in [-0.39, 0.29) is 17.1 Å². The number of Topliss-reactive ketones (excluding diaryl/α,β-unsaturated/α-hetero) is 1. The Kier molecular flexibility index (Phi) is 5.56. The molecule has 0 aliphatic carbocycles. The molecule has 0 amide bonds. The molecule has 6 heteroatoms. The number of thioether (sulfide) groups is 1. The van der Waals surface area contributed by atoms with Crippen molar-refractivity contribution in [3.05, 3.63) is 50.1 Å². The summed E-state index contributed by atoms with van der Waals surface area (Å²) in [6.45, 7) is 13.8. The van der Waals surface area contributed by atoms with Gasteiger partial charge in [-0.3, -0.25) is 14.2 Å². The summed E-state index contributed by atoms with van der Waals surface area (Å²) in [6, 6.07) is 5.93. The summed E-state index contributed by atoms with van der Waals surface area (Å²) in [5.74, 6) is 0.424. The standard InChI is InChI=1S/C22H26N2O2S2/c1-12-9-8-10-16(13(12)2)24-20(26)18-14(3)15(4)28-19(18)23-21(24)27-11-17(25)22(5,6)7/h8-10H,11H2,1-7H3. The van der Waals surface area contributed by atoms with Crippen molar-refractivity contribution in [1.82, 2.24) is 9.55 Å². The van der Waals surface area contributed by atoms with E-state index >= 15 is 0 Å². The lowest BCUT2D eigenvalue weighted by Crippen LogP contribution is -2.25. The van der Waals surface area contributed by atoms with Gasteiger partial charge in [-0.25, -0.2) is 4.98 Å². The summed E-state index contributed by atoms with van der Waals surface area (Å²) < 4.78 is 1.68. The van der Waals surface area contributed by atoms with E-state index in [9.17, 15) is 9.59 Å². The molecule has 3 aromatic rings. The highest BCUT2D eigenvalue weighted by molar-refractivity contribution is 7.99. The van der Waals surface area contributed by atoms with Gasteiger partial charge in [0.05, 0.1) is 16.8 Å². The molecule has 0 atom stereocenters. The molecule has 0 aliphatic heterocycles. The monoisotopic (exact) mass is 414 g/mol. The van der Waals surface area contributed by atoms with Crippen molar-refractivity contribution in [3.8, 4) is 5.69 Å². The third-order valence-electron chi connectivity index (χ3n) is 5.16. The van der Waals surface area contributed by atoms with Gasteiger partial charge < -0.3 is 0 Å². The molecule has 0 radical (unpaired) electrons. The minimum Gasteiger partial charge on any atom is -0.298 e. The Morgan fingerprint density at radius 2 is 1.82 bits per heavy atom. The van der Waals surface area contributed by atoms with Crippen LogP contribution in [-0.2, 0) is 4.79 Å². The molecule has 2 aromatic heterocycles. The van der Waals surface area contributed by atoms with E-state index < -0.39 is 5.41 Å². The van der Waals surface area contributed by atoms with Crippen molar-refractivity contribution in [2.45, 2.75) is 53.6 Å². The number of carbonyl (C=O) groups is 1. The van der Waals surface area contributed by atoms with Crippen LogP contribution in [-0.4, -0.2) is 21.1 Å². The first-order valence-electron chi connectivity index (χ1n) is 9.27. The van der Waals surface area contributed by atoms with Crippen molar-refractivity contribution < 1.29 is 4.79 Å². The minimum atomic E-state index is -0.419. The van der Waals surface area contributed by atoms with E-state index in [0.29, 0.717) is 10.5 Å². The van der Waals surface area contributed by atoms with Gasteiger partial charge in [-0.15, -0.1) is 11.3 Å². The second-order valence-electron chi connectivity index (χ2n) is 8.18. The molecule has 0 bridgehead atoms. The molecule has 1 aromatic carbocycles. The minimum absolute atomic E-state index is 0.0637. The van der Waals surface area contributed by atoms with Crippen molar-refractivity contribution in [1.29, 1.82) is 0 Å². The largest absolute Gasteiger partial charge is 0.298 e. The summed E-state index contributed by atoms with van der Waals surface area (Å²) in [5, 5.41) is 1.25. The second-order valence-corrected chi connectivity index (χ2v) is 10.3. The highest BCUT2D eigenvalue weighted by Crippen LogP contribution is 2.31. The zero-order valence-corrected chi connectivity index (χ0v) is 19.1. The highest BCUT2D eigenvalue weighted by Gasteiger charge is 2.24. The summed E-state index contributed by atoms with van der Waals surface area (Å²) in [4.78, 5) is 32.7. The van der Waals surface area contributed by atoms with Crippen LogP contribution in [0.15, 0.2) is 28.2 Å². The topological polar surface area (TPSA) is 52.0 Å². The Morgan fingerprint density at radius 3 is 2.46 bits per heavy atom. The lowest BCUT2D eigenvalue weighted by Gasteiger charge is -2.18. The third kappa shape index (κ3) is 3.67. The Morgan fingerprint density at radius 1 is 1.14 bits per heavy atom. The number of hydrogen-bond acceptors (Lipinski definition) is 5. The van der Waals surface area contributed by atoms with E-state index in [1.54, 1.807) is 4.57 Å². The fraction of sp³-hybridized carbons (Fsp3) is 0.409. The number of benzene rings is 1. The van der Waals surface area contributed by atoms with Gasteiger partial charge in [-0.1, -0.05) is 44.7 Å². The van der Waals surface area contributed by atoms with Crippen LogP contribution in [0.1, 0.15) is 42.3 Å². The molecule has 0 unspecified atom stereocenters. The molecule has 2 heterocycles. The zero-order chi connectivity index (χ0) is 20.8. The Hall–Kier alpha value is -1.92. The van der Waals surface area contributed by atoms with Crippen LogP contribution < -0.4 is 5.56 Å². The normalized spacial score (nSPS) is 12.0. The second kappa shape index (κ2) is 7.48. The fourth-order valence-corrected chi connectivity index (χ4v) is 5.15. The summed E-state index contributed by atoms with van der Waals surface area (Å²) in [7, 11) is 0. The van der Waals surface area contributed by atoms with E-state index in [1.807, 2.05) is 66.7 Å². The van der Waals surface area contributed by atoms with Crippen LogP contribution in [0, 0.1) is 33.1 Å². The lowest BCUT2D eigenvalue weighted by molar-refractivity contribution is -0.123. The van der Waals surface area contributed by atoms with Crippen molar-refractivity contribution in [3.63, 3.8) is 0 Å². The van der Waals surface area contributed by atoms with Gasteiger partial charge in [0.15, 0.2) is 5.16 Å².